The predicted molar refractivity (Wildman–Crippen MR) is 97.6 cm³/mol. The zero-order valence-electron chi connectivity index (χ0n) is 15.1. The van der Waals surface area contributed by atoms with Crippen LogP contribution in [0.1, 0.15) is 23.7 Å². The number of imide groups is 1. The minimum absolute atomic E-state index is 0.207. The van der Waals surface area contributed by atoms with Crippen molar-refractivity contribution < 1.29 is 28.6 Å². The largest absolute Gasteiger partial charge is 0.496 e. The van der Waals surface area contributed by atoms with Crippen LogP contribution in [-0.2, 0) is 14.3 Å². The monoisotopic (exact) mass is 371 g/mol. The van der Waals surface area contributed by atoms with Crippen LogP contribution in [0.15, 0.2) is 54.6 Å². The number of methoxy groups -OCH3 is 1. The Kier molecular flexibility index (Phi) is 7.37. The minimum atomic E-state index is -0.842. The van der Waals surface area contributed by atoms with Crippen molar-refractivity contribution in [3.63, 3.8) is 0 Å². The van der Waals surface area contributed by atoms with Crippen molar-refractivity contribution in [3.05, 3.63) is 60.2 Å². The first-order valence-corrected chi connectivity index (χ1v) is 8.40. The van der Waals surface area contributed by atoms with Gasteiger partial charge in [0.15, 0.2) is 12.7 Å². The highest BCUT2D eigenvalue weighted by Crippen LogP contribution is 2.17. The molecule has 0 saturated carbocycles. The molecular formula is C20H21NO6. The van der Waals surface area contributed by atoms with Gasteiger partial charge in [-0.1, -0.05) is 37.3 Å². The average molecular weight is 371 g/mol. The molecule has 1 N–H and O–H groups in total. The molecule has 1 atom stereocenters. The molecule has 2 amide bonds. The van der Waals surface area contributed by atoms with Crippen LogP contribution in [0.4, 0.5) is 0 Å². The number of hydrogen-bond donors (Lipinski definition) is 1. The SMILES string of the molecule is CC[C@@H](Oc1ccccc1)C(=O)OCC(=O)NC(=O)c1ccccc1OC. The first-order valence-electron chi connectivity index (χ1n) is 8.40. The summed E-state index contributed by atoms with van der Waals surface area (Å²) in [5.74, 6) is -1.20. The fourth-order valence-corrected chi connectivity index (χ4v) is 2.25. The van der Waals surface area contributed by atoms with E-state index in [2.05, 4.69) is 5.32 Å². The Morgan fingerprint density at radius 3 is 2.33 bits per heavy atom. The van der Waals surface area contributed by atoms with Crippen molar-refractivity contribution >= 4 is 17.8 Å². The molecule has 0 aliphatic carbocycles. The number of para-hydroxylation sites is 2. The molecule has 2 rings (SSSR count). The second-order valence-electron chi connectivity index (χ2n) is 5.51. The molecule has 7 heteroatoms. The summed E-state index contributed by atoms with van der Waals surface area (Å²) in [5.41, 5.74) is 0.207. The summed E-state index contributed by atoms with van der Waals surface area (Å²) < 4.78 is 15.6. The predicted octanol–water partition coefficient (Wildman–Crippen LogP) is 2.35. The molecule has 0 unspecified atom stereocenters. The van der Waals surface area contributed by atoms with Crippen LogP contribution >= 0.6 is 0 Å². The van der Waals surface area contributed by atoms with Gasteiger partial charge in [-0.15, -0.1) is 0 Å². The van der Waals surface area contributed by atoms with Gasteiger partial charge in [0.1, 0.15) is 11.5 Å². The number of nitrogens with one attached hydrogen (secondary N) is 1. The second kappa shape index (κ2) is 9.96. The average Bonchev–Trinajstić information content (AvgIpc) is 2.70. The number of benzene rings is 2. The van der Waals surface area contributed by atoms with Crippen molar-refractivity contribution in [2.75, 3.05) is 13.7 Å². The third kappa shape index (κ3) is 5.85. The number of amides is 2. The molecule has 0 spiro atoms. The molecule has 0 radical (unpaired) electrons. The Morgan fingerprint density at radius 2 is 1.67 bits per heavy atom. The summed E-state index contributed by atoms with van der Waals surface area (Å²) in [4.78, 5) is 36.2. The van der Waals surface area contributed by atoms with E-state index in [4.69, 9.17) is 14.2 Å². The fraction of sp³-hybridized carbons (Fsp3) is 0.250. The van der Waals surface area contributed by atoms with Gasteiger partial charge in [0.25, 0.3) is 11.8 Å². The lowest BCUT2D eigenvalue weighted by molar-refractivity contribution is -0.155. The Bertz CT molecular complexity index is 790. The van der Waals surface area contributed by atoms with Crippen molar-refractivity contribution in [2.24, 2.45) is 0 Å². The molecule has 27 heavy (non-hydrogen) atoms. The maximum Gasteiger partial charge on any atom is 0.347 e. The van der Waals surface area contributed by atoms with Gasteiger partial charge in [0.2, 0.25) is 0 Å². The molecule has 2 aromatic rings. The lowest BCUT2D eigenvalue weighted by Gasteiger charge is -2.16. The molecule has 0 aromatic heterocycles. The van der Waals surface area contributed by atoms with Gasteiger partial charge in [-0.2, -0.15) is 0 Å². The quantitative estimate of drug-likeness (QED) is 0.717. The Hall–Kier alpha value is -3.35. The summed E-state index contributed by atoms with van der Waals surface area (Å²) in [6, 6.07) is 15.3. The van der Waals surface area contributed by atoms with Crippen LogP contribution in [0.2, 0.25) is 0 Å². The van der Waals surface area contributed by atoms with E-state index in [0.717, 1.165) is 0 Å². The van der Waals surface area contributed by atoms with Gasteiger partial charge in [0.05, 0.1) is 12.7 Å². The van der Waals surface area contributed by atoms with Crippen molar-refractivity contribution in [1.29, 1.82) is 0 Å². The van der Waals surface area contributed by atoms with E-state index >= 15 is 0 Å². The normalized spacial score (nSPS) is 11.2. The topological polar surface area (TPSA) is 90.9 Å². The molecule has 0 saturated heterocycles. The Morgan fingerprint density at radius 1 is 1.00 bits per heavy atom. The smallest absolute Gasteiger partial charge is 0.347 e. The van der Waals surface area contributed by atoms with E-state index < -0.39 is 30.5 Å². The van der Waals surface area contributed by atoms with Gasteiger partial charge in [-0.05, 0) is 30.7 Å². The molecule has 0 bridgehead atoms. The zero-order chi connectivity index (χ0) is 19.6. The van der Waals surface area contributed by atoms with E-state index in [9.17, 15) is 14.4 Å². The lowest BCUT2D eigenvalue weighted by atomic mass is 10.2. The first kappa shape index (κ1) is 20.0. The van der Waals surface area contributed by atoms with Crippen LogP contribution in [0.5, 0.6) is 11.5 Å². The van der Waals surface area contributed by atoms with Crippen LogP contribution < -0.4 is 14.8 Å². The van der Waals surface area contributed by atoms with Gasteiger partial charge in [-0.3, -0.25) is 14.9 Å². The summed E-state index contributed by atoms with van der Waals surface area (Å²) in [6.07, 6.45) is -0.472. The van der Waals surface area contributed by atoms with Crippen LogP contribution in [0.25, 0.3) is 0 Å². The molecule has 0 aliphatic rings. The third-order valence-electron chi connectivity index (χ3n) is 3.61. The number of carbonyl (C=O) groups is 3. The highest BCUT2D eigenvalue weighted by atomic mass is 16.6. The maximum atomic E-state index is 12.1. The van der Waals surface area contributed by atoms with Gasteiger partial charge in [0, 0.05) is 0 Å². The Balaban J connectivity index is 1.86. The van der Waals surface area contributed by atoms with E-state index in [-0.39, 0.29) is 5.56 Å². The molecule has 2 aromatic carbocycles. The van der Waals surface area contributed by atoms with Crippen molar-refractivity contribution in [1.82, 2.24) is 5.32 Å². The number of carbonyl (C=O) groups excluding carboxylic acids is 3. The van der Waals surface area contributed by atoms with Gasteiger partial charge < -0.3 is 14.2 Å². The minimum Gasteiger partial charge on any atom is -0.496 e. The number of rotatable bonds is 8. The summed E-state index contributed by atoms with van der Waals surface area (Å²) in [6.45, 7) is 1.18. The maximum absolute atomic E-state index is 12.1. The number of esters is 1. The fourth-order valence-electron chi connectivity index (χ4n) is 2.25. The molecule has 7 nitrogen and oxygen atoms in total. The van der Waals surface area contributed by atoms with E-state index in [1.54, 1.807) is 49.4 Å². The molecular weight excluding hydrogens is 350 g/mol. The Labute approximate surface area is 157 Å². The van der Waals surface area contributed by atoms with Crippen LogP contribution in [-0.4, -0.2) is 37.6 Å². The zero-order valence-corrected chi connectivity index (χ0v) is 15.1. The summed E-state index contributed by atoms with van der Waals surface area (Å²) in [7, 11) is 1.42. The number of hydrogen-bond acceptors (Lipinski definition) is 6. The molecule has 142 valence electrons. The molecule has 0 aliphatic heterocycles. The number of ether oxygens (including phenoxy) is 3. The van der Waals surface area contributed by atoms with Gasteiger partial charge in [-0.25, -0.2) is 4.79 Å². The van der Waals surface area contributed by atoms with Crippen LogP contribution in [0.3, 0.4) is 0 Å². The summed E-state index contributed by atoms with van der Waals surface area (Å²) in [5, 5.41) is 2.16. The lowest BCUT2D eigenvalue weighted by Crippen LogP contribution is -2.36. The van der Waals surface area contributed by atoms with E-state index in [0.29, 0.717) is 17.9 Å². The van der Waals surface area contributed by atoms with E-state index in [1.807, 2.05) is 6.07 Å². The van der Waals surface area contributed by atoms with Gasteiger partial charge >= 0.3 is 5.97 Å². The summed E-state index contributed by atoms with van der Waals surface area (Å²) >= 11 is 0. The first-order chi connectivity index (χ1) is 13.0. The molecule has 0 heterocycles. The highest BCUT2D eigenvalue weighted by molar-refractivity contribution is 6.06. The second-order valence-corrected chi connectivity index (χ2v) is 5.51. The highest BCUT2D eigenvalue weighted by Gasteiger charge is 2.22. The third-order valence-corrected chi connectivity index (χ3v) is 3.61. The van der Waals surface area contributed by atoms with Crippen molar-refractivity contribution in [2.45, 2.75) is 19.4 Å². The van der Waals surface area contributed by atoms with E-state index in [1.165, 1.54) is 13.2 Å². The molecule has 0 fully saturated rings. The standard InChI is InChI=1S/C20H21NO6/c1-3-16(27-14-9-5-4-6-10-14)20(24)26-13-18(22)21-19(23)15-11-7-8-12-17(15)25-2/h4-12,16H,3,13H2,1-2H3,(H,21,22,23)/t16-/m1/s1. The van der Waals surface area contributed by atoms with Crippen molar-refractivity contribution in [3.8, 4) is 11.5 Å². The van der Waals surface area contributed by atoms with Crippen LogP contribution in [0, 0.1) is 0 Å².